The van der Waals surface area contributed by atoms with E-state index in [1.165, 1.54) is 4.31 Å². The van der Waals surface area contributed by atoms with Crippen molar-refractivity contribution in [3.8, 4) is 11.3 Å². The number of nitrogens with one attached hydrogen (secondary N) is 2. The predicted octanol–water partition coefficient (Wildman–Crippen LogP) is 3.33. The number of para-hydroxylation sites is 1. The fraction of sp³-hybridized carbons (Fsp3) is 0.304. The van der Waals surface area contributed by atoms with Crippen molar-refractivity contribution >= 4 is 27.2 Å². The molecule has 0 radical (unpaired) electrons. The number of aromatic amines is 1. The first-order valence-electron chi connectivity index (χ1n) is 10.6. The minimum absolute atomic E-state index is 0.134. The minimum Gasteiger partial charge on any atom is -0.381 e. The van der Waals surface area contributed by atoms with E-state index < -0.39 is 15.3 Å². The normalized spacial score (nSPS) is 17.8. The second kappa shape index (κ2) is 8.50. The average Bonchev–Trinajstić information content (AvgIpc) is 3.19. The first-order chi connectivity index (χ1) is 15.5. The molecular weight excluding hydrogens is 428 g/mol. The molecule has 8 nitrogen and oxygen atoms in total. The summed E-state index contributed by atoms with van der Waals surface area (Å²) in [4.78, 5) is 20.7. The summed E-state index contributed by atoms with van der Waals surface area (Å²) in [6, 6.07) is 13.3. The summed E-state index contributed by atoms with van der Waals surface area (Å²) in [6.07, 6.45) is 4.28. The molecule has 0 atom stereocenters. The number of nitrogens with zero attached hydrogens (tertiary/aromatic N) is 2. The van der Waals surface area contributed by atoms with Crippen molar-refractivity contribution in [2.24, 2.45) is 0 Å². The molecule has 32 heavy (non-hydrogen) atoms. The number of carbonyl (C=O) groups is 1. The molecule has 2 aliphatic rings. The van der Waals surface area contributed by atoms with Crippen LogP contribution in [0.15, 0.2) is 54.9 Å². The molecule has 166 valence electrons. The molecule has 9 heteroatoms. The molecule has 2 aliphatic heterocycles. The van der Waals surface area contributed by atoms with Crippen molar-refractivity contribution in [2.75, 3.05) is 25.1 Å². The van der Waals surface area contributed by atoms with Gasteiger partial charge >= 0.3 is 0 Å². The molecule has 0 amide bonds. The van der Waals surface area contributed by atoms with Crippen LogP contribution in [0, 0.1) is 0 Å². The van der Waals surface area contributed by atoms with Crippen LogP contribution >= 0.6 is 0 Å². The average molecular weight is 453 g/mol. The van der Waals surface area contributed by atoms with E-state index in [2.05, 4.69) is 15.3 Å². The Labute approximate surface area is 186 Å². The maximum absolute atomic E-state index is 13.3. The van der Waals surface area contributed by atoms with E-state index in [9.17, 15) is 13.2 Å². The topological polar surface area (TPSA) is 104 Å². The van der Waals surface area contributed by atoms with Gasteiger partial charge in [-0.15, -0.1) is 0 Å². The number of ketones is 1. The Balaban J connectivity index is 1.55. The van der Waals surface area contributed by atoms with Gasteiger partial charge in [-0.1, -0.05) is 18.2 Å². The lowest BCUT2D eigenvalue weighted by atomic mass is 10.0. The van der Waals surface area contributed by atoms with Gasteiger partial charge in [0.15, 0.2) is 5.78 Å². The number of Topliss-reactive ketones (excluding diaryl/α,β-unsaturated/α-hetero) is 1. The molecule has 0 unspecified atom stereocenters. The summed E-state index contributed by atoms with van der Waals surface area (Å²) in [7, 11) is -3.61. The number of anilines is 2. The smallest absolute Gasteiger partial charge is 0.217 e. The van der Waals surface area contributed by atoms with Crippen molar-refractivity contribution in [3.63, 3.8) is 0 Å². The number of benzene rings is 1. The van der Waals surface area contributed by atoms with Crippen LogP contribution in [0.1, 0.15) is 28.9 Å². The van der Waals surface area contributed by atoms with Gasteiger partial charge in [-0.25, -0.2) is 8.42 Å². The van der Waals surface area contributed by atoms with Gasteiger partial charge in [0.05, 0.1) is 35.3 Å². The number of fused-ring (bicyclic) bond motifs is 1. The lowest BCUT2D eigenvalue weighted by Crippen LogP contribution is -2.45. The Morgan fingerprint density at radius 3 is 2.47 bits per heavy atom. The molecule has 0 spiro atoms. The van der Waals surface area contributed by atoms with E-state index in [0.29, 0.717) is 43.0 Å². The Bertz CT molecular complexity index is 1220. The molecule has 2 N–H and O–H groups in total. The maximum atomic E-state index is 13.3. The molecule has 0 bridgehead atoms. The monoisotopic (exact) mass is 452 g/mol. The first-order valence-corrected chi connectivity index (χ1v) is 12.1. The highest BCUT2D eigenvalue weighted by atomic mass is 32.2. The molecule has 4 heterocycles. The van der Waals surface area contributed by atoms with Crippen molar-refractivity contribution in [2.45, 2.75) is 24.6 Å². The molecule has 5 rings (SSSR count). The summed E-state index contributed by atoms with van der Waals surface area (Å²) in [5.74, 6) is -0.225. The molecule has 0 aliphatic carbocycles. The summed E-state index contributed by atoms with van der Waals surface area (Å²) in [5, 5.41) is 2.86. The number of H-pyrrole nitrogens is 1. The minimum atomic E-state index is -3.61. The van der Waals surface area contributed by atoms with Gasteiger partial charge in [-0.05, 0) is 37.1 Å². The van der Waals surface area contributed by atoms with E-state index in [4.69, 9.17) is 4.74 Å². The highest BCUT2D eigenvalue weighted by Gasteiger charge is 2.39. The van der Waals surface area contributed by atoms with Gasteiger partial charge in [0.2, 0.25) is 10.0 Å². The van der Waals surface area contributed by atoms with E-state index >= 15 is 0 Å². The van der Waals surface area contributed by atoms with Gasteiger partial charge in [-0.2, -0.15) is 4.31 Å². The number of sulfonamides is 1. The number of ether oxygens (including phenoxy) is 1. The van der Waals surface area contributed by atoms with Crippen molar-refractivity contribution in [1.29, 1.82) is 0 Å². The van der Waals surface area contributed by atoms with Gasteiger partial charge in [0.1, 0.15) is 0 Å². The molecule has 0 saturated carbocycles. The zero-order valence-corrected chi connectivity index (χ0v) is 18.3. The Kier molecular flexibility index (Phi) is 5.54. The Morgan fingerprint density at radius 1 is 1.03 bits per heavy atom. The number of pyridine rings is 1. The summed E-state index contributed by atoms with van der Waals surface area (Å²) >= 11 is 0. The number of carbonyl (C=O) groups excluding carboxylic acids is 1. The van der Waals surface area contributed by atoms with Crippen molar-refractivity contribution in [3.05, 3.63) is 66.1 Å². The predicted molar refractivity (Wildman–Crippen MR) is 121 cm³/mol. The lowest BCUT2D eigenvalue weighted by molar-refractivity contribution is 0.0927. The van der Waals surface area contributed by atoms with E-state index in [-0.39, 0.29) is 18.9 Å². The summed E-state index contributed by atoms with van der Waals surface area (Å²) in [5.41, 5.74) is 4.21. The van der Waals surface area contributed by atoms with E-state index in [1.807, 2.05) is 42.5 Å². The van der Waals surface area contributed by atoms with Crippen LogP contribution in [0.5, 0.6) is 0 Å². The van der Waals surface area contributed by atoms with Gasteiger partial charge in [0, 0.05) is 42.6 Å². The SMILES string of the molecule is O=C1CN(S(=O)(=O)C2CCOCC2)Cc2[nH]c(-c3ccncc3)c(Nc3ccccc3)c21. The molecule has 1 aromatic carbocycles. The summed E-state index contributed by atoms with van der Waals surface area (Å²) < 4.78 is 33.1. The number of hydrogen-bond acceptors (Lipinski definition) is 6. The van der Waals surface area contributed by atoms with Gasteiger partial charge < -0.3 is 15.0 Å². The van der Waals surface area contributed by atoms with Gasteiger partial charge in [-0.3, -0.25) is 9.78 Å². The first kappa shape index (κ1) is 20.9. The fourth-order valence-corrected chi connectivity index (χ4v) is 6.16. The highest BCUT2D eigenvalue weighted by Crippen LogP contribution is 2.38. The third-order valence-corrected chi connectivity index (χ3v) is 8.26. The van der Waals surface area contributed by atoms with Crippen molar-refractivity contribution < 1.29 is 17.9 Å². The fourth-order valence-electron chi connectivity index (χ4n) is 4.34. The number of rotatable bonds is 5. The number of aromatic nitrogens is 2. The van der Waals surface area contributed by atoms with Crippen LogP contribution in [0.3, 0.4) is 0 Å². The van der Waals surface area contributed by atoms with Crippen LogP contribution in [0.4, 0.5) is 11.4 Å². The zero-order chi connectivity index (χ0) is 22.1. The van der Waals surface area contributed by atoms with Crippen LogP contribution in [0.25, 0.3) is 11.3 Å². The second-order valence-corrected chi connectivity index (χ2v) is 10.2. The quantitative estimate of drug-likeness (QED) is 0.615. The van der Waals surface area contributed by atoms with E-state index in [0.717, 1.165) is 16.9 Å². The Hall–Kier alpha value is -3.01. The van der Waals surface area contributed by atoms with Gasteiger partial charge in [0.25, 0.3) is 0 Å². The van der Waals surface area contributed by atoms with Crippen LogP contribution in [-0.4, -0.2) is 53.5 Å². The standard InChI is InChI=1S/C23H24N4O4S/c28-20-15-27(32(29,30)18-8-12-31-13-9-18)14-19-21(20)23(25-17-4-2-1-3-5-17)22(26-19)16-6-10-24-11-7-16/h1-7,10-11,18,25-26H,8-9,12-15H2. The third-order valence-electron chi connectivity index (χ3n) is 5.97. The maximum Gasteiger partial charge on any atom is 0.217 e. The molecular formula is C23H24N4O4S. The lowest BCUT2D eigenvalue weighted by Gasteiger charge is -2.31. The van der Waals surface area contributed by atoms with Crippen LogP contribution < -0.4 is 5.32 Å². The Morgan fingerprint density at radius 2 is 1.75 bits per heavy atom. The molecule has 1 saturated heterocycles. The van der Waals surface area contributed by atoms with Crippen LogP contribution in [0.2, 0.25) is 0 Å². The van der Waals surface area contributed by atoms with Crippen LogP contribution in [-0.2, 0) is 21.3 Å². The zero-order valence-electron chi connectivity index (χ0n) is 17.5. The largest absolute Gasteiger partial charge is 0.381 e. The summed E-state index contributed by atoms with van der Waals surface area (Å²) in [6.45, 7) is 0.826. The second-order valence-electron chi connectivity index (χ2n) is 8.00. The van der Waals surface area contributed by atoms with E-state index in [1.54, 1.807) is 12.4 Å². The highest BCUT2D eigenvalue weighted by molar-refractivity contribution is 7.89. The van der Waals surface area contributed by atoms with Crippen molar-refractivity contribution in [1.82, 2.24) is 14.3 Å². The molecule has 2 aromatic heterocycles. The third kappa shape index (κ3) is 3.83. The number of hydrogen-bond donors (Lipinski definition) is 2. The molecule has 3 aromatic rings. The molecule has 1 fully saturated rings.